The van der Waals surface area contributed by atoms with Gasteiger partial charge in [-0.2, -0.15) is 10.2 Å². The smallest absolute Gasteiger partial charge is 0.301 e. The molecule has 254 valence electrons. The first-order valence-electron chi connectivity index (χ1n) is 15.9. The van der Waals surface area contributed by atoms with Crippen LogP contribution in [0.4, 0.5) is 26.2 Å². The number of alkyl halides is 2. The van der Waals surface area contributed by atoms with Gasteiger partial charge in [0, 0.05) is 50.4 Å². The van der Waals surface area contributed by atoms with Gasteiger partial charge in [-0.1, -0.05) is 0 Å². The number of hydrogen-bond donors (Lipinski definition) is 2. The predicted molar refractivity (Wildman–Crippen MR) is 171 cm³/mol. The lowest BCUT2D eigenvalue weighted by Crippen LogP contribution is -2.60. The number of methoxy groups -OCH3 is 1. The molecule has 0 radical (unpaired) electrons. The quantitative estimate of drug-likeness (QED) is 0.346. The van der Waals surface area contributed by atoms with Crippen molar-refractivity contribution in [2.45, 2.75) is 50.5 Å². The molecule has 3 atom stereocenters. The first-order chi connectivity index (χ1) is 23.1. The van der Waals surface area contributed by atoms with E-state index in [0.29, 0.717) is 35.0 Å². The van der Waals surface area contributed by atoms with E-state index in [9.17, 15) is 23.9 Å². The van der Waals surface area contributed by atoms with E-state index >= 15 is 0 Å². The number of piperidine rings is 1. The molecular weight excluding hydrogens is 626 g/mol. The number of carbonyl (C=O) groups excluding carboxylic acids is 1. The fraction of sp³-hybridized carbons (Fsp3) is 0.485. The summed E-state index contributed by atoms with van der Waals surface area (Å²) in [6, 6.07) is 12.9. The van der Waals surface area contributed by atoms with Gasteiger partial charge in [-0.05, 0) is 50.2 Å². The Kier molecular flexibility index (Phi) is 9.58. The molecule has 2 aromatic heterocycles. The summed E-state index contributed by atoms with van der Waals surface area (Å²) in [5, 5.41) is 22.5. The number of nitrogens with zero attached hydrogens (tertiary/aromatic N) is 7. The van der Waals surface area contributed by atoms with Gasteiger partial charge in [0.1, 0.15) is 29.4 Å². The largest absolute Gasteiger partial charge is 0.483 e. The van der Waals surface area contributed by atoms with E-state index in [-0.39, 0.29) is 30.2 Å². The number of ether oxygens (including phenoxy) is 3. The van der Waals surface area contributed by atoms with E-state index in [0.717, 1.165) is 43.4 Å². The summed E-state index contributed by atoms with van der Waals surface area (Å²) in [5.41, 5.74) is 1.99. The molecule has 6 rings (SSSR count). The molecule has 3 aliphatic rings. The second-order valence-corrected chi connectivity index (χ2v) is 12.3. The van der Waals surface area contributed by atoms with E-state index in [1.165, 1.54) is 19.1 Å². The first kappa shape index (κ1) is 33.3. The average Bonchev–Trinajstić information content (AvgIpc) is 3.05. The lowest BCUT2D eigenvalue weighted by Gasteiger charge is -2.47. The molecule has 1 unspecified atom stereocenters. The van der Waals surface area contributed by atoms with Crippen molar-refractivity contribution < 1.29 is 32.9 Å². The van der Waals surface area contributed by atoms with Crippen LogP contribution in [0.5, 0.6) is 11.6 Å². The molecule has 48 heavy (non-hydrogen) atoms. The van der Waals surface area contributed by atoms with E-state index in [4.69, 9.17) is 14.2 Å². The van der Waals surface area contributed by atoms with Crippen molar-refractivity contribution >= 4 is 23.4 Å². The first-order valence-corrected chi connectivity index (χ1v) is 15.9. The highest BCUT2D eigenvalue weighted by Crippen LogP contribution is 2.35. The van der Waals surface area contributed by atoms with Crippen LogP contribution in [-0.2, 0) is 9.53 Å². The molecule has 2 N–H and O–H groups in total. The van der Waals surface area contributed by atoms with Crippen LogP contribution in [-0.4, -0.2) is 119 Å². The Morgan fingerprint density at radius 1 is 1.19 bits per heavy atom. The number of anilines is 3. The lowest BCUT2D eigenvalue weighted by atomic mass is 10.0. The number of aliphatic hydroxyl groups excluding tert-OH is 1. The molecule has 0 aliphatic carbocycles. The van der Waals surface area contributed by atoms with Gasteiger partial charge in [0.15, 0.2) is 6.10 Å². The highest BCUT2D eigenvalue weighted by molar-refractivity contribution is 5.80. The number of hydrogen-bond acceptors (Lipinski definition) is 12. The molecule has 0 spiro atoms. The van der Waals surface area contributed by atoms with Crippen LogP contribution in [0, 0.1) is 11.3 Å². The van der Waals surface area contributed by atoms with Crippen molar-refractivity contribution in [1.82, 2.24) is 24.8 Å². The Labute approximate surface area is 277 Å². The van der Waals surface area contributed by atoms with Gasteiger partial charge in [0.2, 0.25) is 11.8 Å². The molecule has 13 nitrogen and oxygen atoms in total. The van der Waals surface area contributed by atoms with E-state index in [1.807, 2.05) is 18.2 Å². The second-order valence-electron chi connectivity index (χ2n) is 12.3. The minimum absolute atomic E-state index is 0.00196. The van der Waals surface area contributed by atoms with Gasteiger partial charge in [0.05, 0.1) is 44.2 Å². The Balaban J connectivity index is 1.13. The number of aliphatic hydroxyl groups is 1. The van der Waals surface area contributed by atoms with Crippen molar-refractivity contribution in [2.24, 2.45) is 0 Å². The molecule has 3 saturated heterocycles. The Bertz CT molecular complexity index is 1680. The highest BCUT2D eigenvalue weighted by atomic mass is 19.3. The normalized spacial score (nSPS) is 21.9. The maximum absolute atomic E-state index is 14.9. The summed E-state index contributed by atoms with van der Waals surface area (Å²) < 4.78 is 46.5. The number of likely N-dealkylation sites (tertiary alicyclic amines) is 1. The molecule has 3 aromatic rings. The Morgan fingerprint density at radius 2 is 2.00 bits per heavy atom. The summed E-state index contributed by atoms with van der Waals surface area (Å²) in [6.07, 6.45) is -1.52. The van der Waals surface area contributed by atoms with Crippen molar-refractivity contribution in [3.05, 3.63) is 48.2 Å². The third-order valence-electron chi connectivity index (χ3n) is 8.91. The topological polar surface area (TPSA) is 149 Å². The summed E-state index contributed by atoms with van der Waals surface area (Å²) in [5.74, 6) is -2.93. The SMILES string of the molecule is COc1nc(Nc2nccc(-c3ccc(OC4CCN(C(=O)[C@H](C)O)CC4(F)F)c(C#N)c3)n2)ccc1N1CCN(C2COC2)[C@H](C)C1. The van der Waals surface area contributed by atoms with Crippen LogP contribution in [0.1, 0.15) is 25.8 Å². The van der Waals surface area contributed by atoms with Crippen molar-refractivity contribution in [2.75, 3.05) is 63.3 Å². The molecular formula is C33H38F2N8O5. The summed E-state index contributed by atoms with van der Waals surface area (Å²) in [7, 11) is 1.58. The van der Waals surface area contributed by atoms with Gasteiger partial charge in [-0.3, -0.25) is 9.69 Å². The summed E-state index contributed by atoms with van der Waals surface area (Å²) in [6.45, 7) is 6.77. The zero-order chi connectivity index (χ0) is 34.0. The average molecular weight is 665 g/mol. The van der Waals surface area contributed by atoms with Crippen LogP contribution >= 0.6 is 0 Å². The standard InChI is InChI=1S/C33H38F2N8O5/c1-20-16-41(12-13-43(20)24-17-47-18-24)26-5-7-29(39-30(26)46-3)40-32-37-10-8-25(38-32)22-4-6-27(23(14-22)15-36)48-28-9-11-42(19-33(28,34)35)31(45)21(2)44/h4-8,10,14,20-21,24,28,44H,9,11-13,16-19H2,1-3H3,(H,37,38,39,40)/t20-,21+,28?/m1/s1. The summed E-state index contributed by atoms with van der Waals surface area (Å²) in [4.78, 5) is 31.3. The number of rotatable bonds is 9. The monoisotopic (exact) mass is 664 g/mol. The van der Waals surface area contributed by atoms with Crippen molar-refractivity contribution in [1.29, 1.82) is 5.26 Å². The molecule has 1 aromatic carbocycles. The van der Waals surface area contributed by atoms with Gasteiger partial charge >= 0.3 is 5.92 Å². The van der Waals surface area contributed by atoms with Crippen LogP contribution in [0.3, 0.4) is 0 Å². The minimum Gasteiger partial charge on any atom is -0.483 e. The Morgan fingerprint density at radius 3 is 2.67 bits per heavy atom. The summed E-state index contributed by atoms with van der Waals surface area (Å²) >= 11 is 0. The number of piperazine rings is 1. The van der Waals surface area contributed by atoms with E-state index in [2.05, 4.69) is 37.0 Å². The van der Waals surface area contributed by atoms with Crippen molar-refractivity contribution in [3.8, 4) is 29.0 Å². The third-order valence-corrected chi connectivity index (χ3v) is 8.91. The molecule has 0 saturated carbocycles. The van der Waals surface area contributed by atoms with Crippen LogP contribution in [0.25, 0.3) is 11.3 Å². The number of nitriles is 1. The van der Waals surface area contributed by atoms with Crippen molar-refractivity contribution in [3.63, 3.8) is 0 Å². The van der Waals surface area contributed by atoms with E-state index in [1.54, 1.807) is 25.4 Å². The number of benzene rings is 1. The van der Waals surface area contributed by atoms with Gasteiger partial charge in [0.25, 0.3) is 5.91 Å². The van der Waals surface area contributed by atoms with Crippen LogP contribution in [0.15, 0.2) is 42.6 Å². The van der Waals surface area contributed by atoms with Gasteiger partial charge < -0.3 is 34.4 Å². The van der Waals surface area contributed by atoms with Gasteiger partial charge in [-0.25, -0.2) is 18.7 Å². The van der Waals surface area contributed by atoms with Crippen LogP contribution in [0.2, 0.25) is 0 Å². The maximum atomic E-state index is 14.9. The molecule has 1 amide bonds. The zero-order valence-electron chi connectivity index (χ0n) is 27.0. The number of pyridine rings is 1. The molecule has 3 aliphatic heterocycles. The fourth-order valence-electron chi connectivity index (χ4n) is 6.29. The number of halogens is 2. The number of amides is 1. The molecule has 0 bridgehead atoms. The van der Waals surface area contributed by atoms with Crippen LogP contribution < -0.4 is 19.7 Å². The molecule has 5 heterocycles. The fourth-order valence-corrected chi connectivity index (χ4v) is 6.29. The third kappa shape index (κ3) is 6.96. The van der Waals surface area contributed by atoms with Gasteiger partial charge in [-0.15, -0.1) is 0 Å². The maximum Gasteiger partial charge on any atom is 0.301 e. The lowest BCUT2D eigenvalue weighted by molar-refractivity contribution is -0.165. The predicted octanol–water partition coefficient (Wildman–Crippen LogP) is 3.07. The second kappa shape index (κ2) is 13.8. The molecule has 3 fully saturated rings. The number of aromatic nitrogens is 3. The number of carbonyl (C=O) groups is 1. The minimum atomic E-state index is -3.38. The Hall–Kier alpha value is -4.65. The van der Waals surface area contributed by atoms with E-state index < -0.39 is 30.6 Å². The molecule has 15 heteroatoms. The zero-order valence-corrected chi connectivity index (χ0v) is 27.0. The number of nitrogens with one attached hydrogen (secondary N) is 1. The highest BCUT2D eigenvalue weighted by Gasteiger charge is 2.48.